The molecule has 0 spiro atoms. The van der Waals surface area contributed by atoms with E-state index in [1.807, 2.05) is 24.3 Å². The molecular formula is C15H17N5O2. The van der Waals surface area contributed by atoms with Crippen LogP contribution in [0.1, 0.15) is 0 Å². The SMILES string of the molecule is COc1ccc(Nc2cccc(N3CCN(C)C3=O)c2)nn1. The van der Waals surface area contributed by atoms with E-state index in [9.17, 15) is 4.79 Å². The standard InChI is InChI=1S/C15H17N5O2/c1-19-8-9-20(15(19)21)12-5-3-4-11(10-12)16-13-6-7-14(22-2)18-17-13/h3-7,10H,8-9H2,1-2H3,(H,16,17). The number of ether oxygens (including phenoxy) is 1. The summed E-state index contributed by atoms with van der Waals surface area (Å²) in [5.74, 6) is 1.08. The van der Waals surface area contributed by atoms with Gasteiger partial charge < -0.3 is 15.0 Å². The van der Waals surface area contributed by atoms with Crippen molar-refractivity contribution in [1.29, 1.82) is 0 Å². The Morgan fingerprint density at radius 1 is 1.18 bits per heavy atom. The molecule has 0 unspecified atom stereocenters. The maximum atomic E-state index is 12.0. The first-order valence-corrected chi connectivity index (χ1v) is 6.95. The Morgan fingerprint density at radius 2 is 2.05 bits per heavy atom. The fourth-order valence-corrected chi connectivity index (χ4v) is 2.28. The van der Waals surface area contributed by atoms with Gasteiger partial charge in [-0.05, 0) is 24.3 Å². The van der Waals surface area contributed by atoms with Gasteiger partial charge >= 0.3 is 6.03 Å². The van der Waals surface area contributed by atoms with E-state index in [-0.39, 0.29) is 6.03 Å². The van der Waals surface area contributed by atoms with Crippen molar-refractivity contribution in [2.45, 2.75) is 0 Å². The van der Waals surface area contributed by atoms with E-state index in [2.05, 4.69) is 15.5 Å². The minimum atomic E-state index is 0.0152. The van der Waals surface area contributed by atoms with Crippen LogP contribution in [0, 0.1) is 0 Å². The molecule has 3 rings (SSSR count). The van der Waals surface area contributed by atoms with Gasteiger partial charge in [0, 0.05) is 37.6 Å². The van der Waals surface area contributed by atoms with Crippen LogP contribution in [-0.2, 0) is 0 Å². The lowest BCUT2D eigenvalue weighted by atomic mass is 10.2. The van der Waals surface area contributed by atoms with Gasteiger partial charge in [-0.3, -0.25) is 4.90 Å². The van der Waals surface area contributed by atoms with Crippen molar-refractivity contribution in [2.75, 3.05) is 37.5 Å². The number of nitrogens with one attached hydrogen (secondary N) is 1. The molecule has 1 aliphatic rings. The highest BCUT2D eigenvalue weighted by molar-refractivity contribution is 5.94. The molecule has 1 saturated heterocycles. The zero-order valence-corrected chi connectivity index (χ0v) is 12.5. The van der Waals surface area contributed by atoms with Gasteiger partial charge in [0.1, 0.15) is 0 Å². The van der Waals surface area contributed by atoms with Crippen molar-refractivity contribution < 1.29 is 9.53 Å². The van der Waals surface area contributed by atoms with Gasteiger partial charge in [-0.1, -0.05) is 6.07 Å². The van der Waals surface area contributed by atoms with E-state index in [4.69, 9.17) is 4.74 Å². The molecule has 0 radical (unpaired) electrons. The molecule has 0 saturated carbocycles. The fourth-order valence-electron chi connectivity index (χ4n) is 2.28. The van der Waals surface area contributed by atoms with E-state index >= 15 is 0 Å². The van der Waals surface area contributed by atoms with Crippen LogP contribution in [0.2, 0.25) is 0 Å². The summed E-state index contributed by atoms with van der Waals surface area (Å²) in [4.78, 5) is 15.5. The van der Waals surface area contributed by atoms with Crippen LogP contribution in [-0.4, -0.2) is 48.4 Å². The summed E-state index contributed by atoms with van der Waals surface area (Å²) in [6.45, 7) is 1.43. The number of aromatic nitrogens is 2. The van der Waals surface area contributed by atoms with E-state index in [0.717, 1.165) is 17.9 Å². The van der Waals surface area contributed by atoms with Crippen LogP contribution in [0.25, 0.3) is 0 Å². The molecule has 0 bridgehead atoms. The summed E-state index contributed by atoms with van der Waals surface area (Å²) in [5, 5.41) is 11.1. The first-order chi connectivity index (χ1) is 10.7. The number of methoxy groups -OCH3 is 1. The van der Waals surface area contributed by atoms with Crippen LogP contribution in [0.4, 0.5) is 22.0 Å². The first-order valence-electron chi connectivity index (χ1n) is 6.95. The molecule has 22 heavy (non-hydrogen) atoms. The summed E-state index contributed by atoms with van der Waals surface area (Å²) in [6, 6.07) is 11.2. The van der Waals surface area contributed by atoms with Crippen molar-refractivity contribution in [3.63, 3.8) is 0 Å². The van der Waals surface area contributed by atoms with E-state index in [0.29, 0.717) is 18.2 Å². The van der Waals surface area contributed by atoms with E-state index in [1.165, 1.54) is 0 Å². The largest absolute Gasteiger partial charge is 0.480 e. The van der Waals surface area contributed by atoms with Crippen LogP contribution in [0.3, 0.4) is 0 Å². The Balaban J connectivity index is 1.77. The highest BCUT2D eigenvalue weighted by Crippen LogP contribution is 2.24. The number of rotatable bonds is 4. The van der Waals surface area contributed by atoms with Crippen molar-refractivity contribution >= 4 is 23.2 Å². The molecular weight excluding hydrogens is 282 g/mol. The van der Waals surface area contributed by atoms with Gasteiger partial charge in [0.05, 0.1) is 7.11 Å². The third-order valence-electron chi connectivity index (χ3n) is 3.50. The quantitative estimate of drug-likeness (QED) is 0.936. The Hall–Kier alpha value is -2.83. The van der Waals surface area contributed by atoms with Crippen molar-refractivity contribution in [1.82, 2.24) is 15.1 Å². The van der Waals surface area contributed by atoms with Gasteiger partial charge in [0.2, 0.25) is 5.88 Å². The van der Waals surface area contributed by atoms with E-state index in [1.54, 1.807) is 36.1 Å². The number of amides is 2. The Kier molecular flexibility index (Phi) is 3.78. The monoisotopic (exact) mass is 299 g/mol. The first kappa shape index (κ1) is 14.1. The van der Waals surface area contributed by atoms with Crippen LogP contribution in [0.5, 0.6) is 5.88 Å². The number of carbonyl (C=O) groups excluding carboxylic acids is 1. The third kappa shape index (κ3) is 2.78. The molecule has 0 atom stereocenters. The summed E-state index contributed by atoms with van der Waals surface area (Å²) in [5.41, 5.74) is 1.71. The zero-order valence-electron chi connectivity index (χ0n) is 12.5. The molecule has 1 aliphatic heterocycles. The lowest BCUT2D eigenvalue weighted by Gasteiger charge is -2.17. The zero-order chi connectivity index (χ0) is 15.5. The summed E-state index contributed by atoms with van der Waals surface area (Å²) in [7, 11) is 3.35. The van der Waals surface area contributed by atoms with Crippen molar-refractivity contribution in [3.8, 4) is 5.88 Å². The molecule has 7 nitrogen and oxygen atoms in total. The average Bonchev–Trinajstić information content (AvgIpc) is 2.88. The second-order valence-corrected chi connectivity index (χ2v) is 4.99. The van der Waals surface area contributed by atoms with Gasteiger partial charge in [0.15, 0.2) is 5.82 Å². The lowest BCUT2D eigenvalue weighted by Crippen LogP contribution is -2.29. The number of hydrogen-bond acceptors (Lipinski definition) is 5. The molecule has 0 aliphatic carbocycles. The summed E-state index contributed by atoms with van der Waals surface area (Å²) < 4.78 is 4.98. The Bertz CT molecular complexity index is 674. The number of benzene rings is 1. The smallest absolute Gasteiger partial charge is 0.324 e. The number of likely N-dealkylation sites (N-methyl/N-ethyl adjacent to an activating group) is 1. The van der Waals surface area contributed by atoms with Crippen molar-refractivity contribution in [3.05, 3.63) is 36.4 Å². The normalized spacial score (nSPS) is 14.4. The molecule has 2 aromatic rings. The van der Waals surface area contributed by atoms with Gasteiger partial charge in [0.25, 0.3) is 0 Å². The predicted octanol–water partition coefficient (Wildman–Crippen LogP) is 2.10. The van der Waals surface area contributed by atoms with Gasteiger partial charge in [-0.25, -0.2) is 4.79 Å². The predicted molar refractivity (Wildman–Crippen MR) is 83.7 cm³/mol. The van der Waals surface area contributed by atoms with Gasteiger partial charge in [-0.15, -0.1) is 10.2 Å². The molecule has 2 amide bonds. The van der Waals surface area contributed by atoms with Crippen molar-refractivity contribution in [2.24, 2.45) is 0 Å². The molecule has 7 heteroatoms. The number of urea groups is 1. The maximum absolute atomic E-state index is 12.0. The second kappa shape index (κ2) is 5.88. The van der Waals surface area contributed by atoms with Crippen LogP contribution < -0.4 is 15.0 Å². The van der Waals surface area contributed by atoms with Gasteiger partial charge in [-0.2, -0.15) is 0 Å². The number of nitrogens with zero attached hydrogens (tertiary/aromatic N) is 4. The Labute approximate surface area is 128 Å². The topological polar surface area (TPSA) is 70.6 Å². The minimum Gasteiger partial charge on any atom is -0.480 e. The highest BCUT2D eigenvalue weighted by Gasteiger charge is 2.26. The average molecular weight is 299 g/mol. The maximum Gasteiger partial charge on any atom is 0.324 e. The van der Waals surface area contributed by atoms with E-state index < -0.39 is 0 Å². The molecule has 1 aromatic heterocycles. The minimum absolute atomic E-state index is 0.0152. The summed E-state index contributed by atoms with van der Waals surface area (Å²) in [6.07, 6.45) is 0. The number of anilines is 3. The fraction of sp³-hybridized carbons (Fsp3) is 0.267. The third-order valence-corrected chi connectivity index (χ3v) is 3.50. The Morgan fingerprint density at radius 3 is 2.68 bits per heavy atom. The number of carbonyl (C=O) groups is 1. The van der Waals surface area contributed by atoms with Crippen LogP contribution in [0.15, 0.2) is 36.4 Å². The lowest BCUT2D eigenvalue weighted by molar-refractivity contribution is 0.229. The van der Waals surface area contributed by atoms with Crippen LogP contribution >= 0.6 is 0 Å². The molecule has 1 fully saturated rings. The second-order valence-electron chi connectivity index (χ2n) is 4.99. The summed E-state index contributed by atoms with van der Waals surface area (Å²) >= 11 is 0. The molecule has 2 heterocycles. The molecule has 114 valence electrons. The highest BCUT2D eigenvalue weighted by atomic mass is 16.5. The number of hydrogen-bond donors (Lipinski definition) is 1. The molecule has 1 N–H and O–H groups in total. The molecule has 1 aromatic carbocycles.